The molecule has 126 valence electrons. The fourth-order valence-electron chi connectivity index (χ4n) is 2.49. The third-order valence-corrected chi connectivity index (χ3v) is 3.55. The van der Waals surface area contributed by atoms with Crippen LogP contribution in [0.4, 0.5) is 13.2 Å². The molecule has 0 radical (unpaired) electrons. The zero-order chi connectivity index (χ0) is 17.2. The molecule has 0 aromatic heterocycles. The van der Waals surface area contributed by atoms with Gasteiger partial charge in [-0.3, -0.25) is 0 Å². The van der Waals surface area contributed by atoms with Gasteiger partial charge in [0.2, 0.25) is 0 Å². The van der Waals surface area contributed by atoms with Crippen molar-refractivity contribution in [2.75, 3.05) is 13.2 Å². The second-order valence-electron chi connectivity index (χ2n) is 5.20. The average molecular weight is 337 g/mol. The summed E-state index contributed by atoms with van der Waals surface area (Å²) in [6.07, 6.45) is -5.05. The van der Waals surface area contributed by atoms with Gasteiger partial charge in [-0.1, -0.05) is 36.4 Å². The topological polar surface area (TPSA) is 47.6 Å². The monoisotopic (exact) mass is 337 g/mol. The van der Waals surface area contributed by atoms with E-state index in [4.69, 9.17) is 4.74 Å². The highest BCUT2D eigenvalue weighted by molar-refractivity contribution is 5.83. The van der Waals surface area contributed by atoms with Crippen LogP contribution in [0.1, 0.15) is 5.56 Å². The van der Waals surface area contributed by atoms with Crippen LogP contribution in [0, 0.1) is 0 Å². The highest BCUT2D eigenvalue weighted by Gasteiger charge is 2.41. The first-order valence-corrected chi connectivity index (χ1v) is 7.30. The zero-order valence-corrected chi connectivity index (χ0v) is 12.5. The van der Waals surface area contributed by atoms with Crippen LogP contribution in [-0.4, -0.2) is 25.3 Å². The largest absolute Gasteiger partial charge is 0.491 e. The number of carbonyl (C=O) groups is 1. The van der Waals surface area contributed by atoms with Crippen molar-refractivity contribution in [2.24, 2.45) is 0 Å². The number of alkyl halides is 3. The van der Waals surface area contributed by atoms with Gasteiger partial charge < -0.3 is 14.8 Å². The quantitative estimate of drug-likeness (QED) is 0.675. The number of para-hydroxylation sites is 2. The van der Waals surface area contributed by atoms with Crippen molar-refractivity contribution in [3.63, 3.8) is 0 Å². The number of esters is 1. The highest BCUT2D eigenvalue weighted by Crippen LogP contribution is 2.39. The predicted molar refractivity (Wildman–Crippen MR) is 80.8 cm³/mol. The van der Waals surface area contributed by atoms with E-state index in [0.29, 0.717) is 36.6 Å². The summed E-state index contributed by atoms with van der Waals surface area (Å²) in [5.41, 5.74) is 1.84. The van der Waals surface area contributed by atoms with Crippen LogP contribution in [0.2, 0.25) is 0 Å². The number of rotatable bonds is 2. The Balaban J connectivity index is 2.04. The molecule has 2 aromatic carbocycles. The first-order valence-electron chi connectivity index (χ1n) is 7.30. The molecule has 1 aliphatic heterocycles. The Bertz CT molecular complexity index is 759. The van der Waals surface area contributed by atoms with Gasteiger partial charge in [-0.05, 0) is 6.07 Å². The van der Waals surface area contributed by atoms with Crippen molar-refractivity contribution in [2.45, 2.75) is 12.7 Å². The van der Waals surface area contributed by atoms with Gasteiger partial charge in [0.05, 0.1) is 0 Å². The van der Waals surface area contributed by atoms with E-state index in [2.05, 4.69) is 10.1 Å². The van der Waals surface area contributed by atoms with E-state index in [1.165, 1.54) is 12.1 Å². The summed E-state index contributed by atoms with van der Waals surface area (Å²) in [5, 5.41) is 3.19. The molecule has 1 N–H and O–H groups in total. The molecular weight excluding hydrogens is 323 g/mol. The number of fused-ring (bicyclic) bond motifs is 1. The molecule has 7 heteroatoms. The molecule has 1 aliphatic rings. The number of halogens is 3. The molecular formula is C17H14F3NO3. The summed E-state index contributed by atoms with van der Waals surface area (Å²) in [6, 6.07) is 11.5. The minimum absolute atomic E-state index is 0.158. The molecule has 0 atom stereocenters. The Morgan fingerprint density at radius 3 is 2.62 bits per heavy atom. The first-order chi connectivity index (χ1) is 11.5. The molecule has 0 unspecified atom stereocenters. The third kappa shape index (κ3) is 3.35. The Labute approximate surface area is 136 Å². The smallest absolute Gasteiger partial charge is 0.491 e. The second kappa shape index (κ2) is 6.52. The minimum atomic E-state index is -5.05. The molecule has 3 rings (SSSR count). The Kier molecular flexibility index (Phi) is 4.44. The molecule has 0 saturated heterocycles. The van der Waals surface area contributed by atoms with Gasteiger partial charge in [0.15, 0.2) is 0 Å². The predicted octanol–water partition coefficient (Wildman–Crippen LogP) is 3.30. The van der Waals surface area contributed by atoms with E-state index in [1.807, 2.05) is 6.07 Å². The van der Waals surface area contributed by atoms with Crippen molar-refractivity contribution >= 4 is 5.97 Å². The van der Waals surface area contributed by atoms with E-state index >= 15 is 0 Å². The Morgan fingerprint density at radius 2 is 1.83 bits per heavy atom. The normalized spacial score (nSPS) is 14.3. The van der Waals surface area contributed by atoms with E-state index in [-0.39, 0.29) is 5.75 Å². The van der Waals surface area contributed by atoms with Crippen LogP contribution in [0.3, 0.4) is 0 Å². The number of carbonyl (C=O) groups excluding carboxylic acids is 1. The summed E-state index contributed by atoms with van der Waals surface area (Å²) in [7, 11) is 0. The SMILES string of the molecule is O=C(Oc1ccccc1-c1cccc2c1OCCNC2)C(F)(F)F. The van der Waals surface area contributed by atoms with Crippen molar-refractivity contribution < 1.29 is 27.4 Å². The summed E-state index contributed by atoms with van der Waals surface area (Å²) in [5.74, 6) is -1.83. The van der Waals surface area contributed by atoms with Crippen LogP contribution in [0.15, 0.2) is 42.5 Å². The standard InChI is InChI=1S/C17H14F3NO3/c18-17(19,20)16(22)24-14-7-2-1-5-12(14)13-6-3-4-11-10-21-8-9-23-15(11)13/h1-7,21H,8-10H2. The highest BCUT2D eigenvalue weighted by atomic mass is 19.4. The molecule has 0 fully saturated rings. The fourth-order valence-corrected chi connectivity index (χ4v) is 2.49. The van der Waals surface area contributed by atoms with Gasteiger partial charge in [-0.25, -0.2) is 4.79 Å². The van der Waals surface area contributed by atoms with Crippen LogP contribution >= 0.6 is 0 Å². The summed E-state index contributed by atoms with van der Waals surface area (Å²) in [6.45, 7) is 1.70. The van der Waals surface area contributed by atoms with E-state index < -0.39 is 12.1 Å². The van der Waals surface area contributed by atoms with E-state index in [0.717, 1.165) is 5.56 Å². The number of nitrogens with one attached hydrogen (secondary N) is 1. The average Bonchev–Trinajstić information content (AvgIpc) is 2.79. The summed E-state index contributed by atoms with van der Waals surface area (Å²) in [4.78, 5) is 11.2. The Morgan fingerprint density at radius 1 is 1.08 bits per heavy atom. The van der Waals surface area contributed by atoms with Crippen LogP contribution in [-0.2, 0) is 11.3 Å². The van der Waals surface area contributed by atoms with Crippen molar-refractivity contribution in [1.29, 1.82) is 0 Å². The maximum absolute atomic E-state index is 12.5. The molecule has 24 heavy (non-hydrogen) atoms. The van der Waals surface area contributed by atoms with Crippen LogP contribution in [0.25, 0.3) is 11.1 Å². The molecule has 0 amide bonds. The number of benzene rings is 2. The van der Waals surface area contributed by atoms with Crippen LogP contribution in [0.5, 0.6) is 11.5 Å². The van der Waals surface area contributed by atoms with Gasteiger partial charge >= 0.3 is 12.1 Å². The molecule has 0 bridgehead atoms. The number of hydrogen-bond donors (Lipinski definition) is 1. The van der Waals surface area contributed by atoms with Gasteiger partial charge in [-0.2, -0.15) is 13.2 Å². The zero-order valence-electron chi connectivity index (χ0n) is 12.5. The summed E-state index contributed by atoms with van der Waals surface area (Å²) < 4.78 is 47.8. The molecule has 0 aliphatic carbocycles. The van der Waals surface area contributed by atoms with Crippen molar-refractivity contribution in [3.8, 4) is 22.6 Å². The van der Waals surface area contributed by atoms with Gasteiger partial charge in [-0.15, -0.1) is 0 Å². The third-order valence-electron chi connectivity index (χ3n) is 3.55. The molecule has 2 aromatic rings. The lowest BCUT2D eigenvalue weighted by molar-refractivity contribution is -0.189. The van der Waals surface area contributed by atoms with Gasteiger partial charge in [0.1, 0.15) is 18.1 Å². The number of hydrogen-bond acceptors (Lipinski definition) is 4. The molecule has 0 spiro atoms. The fraction of sp³-hybridized carbons (Fsp3) is 0.235. The van der Waals surface area contributed by atoms with E-state index in [1.54, 1.807) is 24.3 Å². The summed E-state index contributed by atoms with van der Waals surface area (Å²) >= 11 is 0. The lowest BCUT2D eigenvalue weighted by Crippen LogP contribution is -2.28. The Hall–Kier alpha value is -2.54. The van der Waals surface area contributed by atoms with Crippen LogP contribution < -0.4 is 14.8 Å². The molecule has 4 nitrogen and oxygen atoms in total. The second-order valence-corrected chi connectivity index (χ2v) is 5.20. The maximum atomic E-state index is 12.5. The van der Waals surface area contributed by atoms with Gasteiger partial charge in [0, 0.05) is 29.8 Å². The lowest BCUT2D eigenvalue weighted by atomic mass is 10.0. The van der Waals surface area contributed by atoms with Crippen molar-refractivity contribution in [3.05, 3.63) is 48.0 Å². The maximum Gasteiger partial charge on any atom is 0.491 e. The molecule has 0 saturated carbocycles. The first kappa shape index (κ1) is 16.3. The lowest BCUT2D eigenvalue weighted by Gasteiger charge is -2.16. The number of ether oxygens (including phenoxy) is 2. The van der Waals surface area contributed by atoms with Gasteiger partial charge in [0.25, 0.3) is 0 Å². The minimum Gasteiger partial charge on any atom is -0.491 e. The van der Waals surface area contributed by atoms with E-state index in [9.17, 15) is 18.0 Å². The van der Waals surface area contributed by atoms with Crippen molar-refractivity contribution in [1.82, 2.24) is 5.32 Å². The molecule has 1 heterocycles.